The fourth-order valence-corrected chi connectivity index (χ4v) is 2.51. The lowest BCUT2D eigenvalue weighted by molar-refractivity contribution is -0.136. The van der Waals surface area contributed by atoms with Gasteiger partial charge in [-0.05, 0) is 43.3 Å². The topological polar surface area (TPSA) is 112 Å². The van der Waals surface area contributed by atoms with Gasteiger partial charge in [0.2, 0.25) is 11.8 Å². The smallest absolute Gasteiger partial charge is 0.260 e. The fraction of sp³-hybridized carbons (Fsp3) is 0.238. The van der Waals surface area contributed by atoms with E-state index in [-0.39, 0.29) is 30.9 Å². The van der Waals surface area contributed by atoms with Gasteiger partial charge < -0.3 is 20.3 Å². The minimum atomic E-state index is -0.364. The molecule has 0 atom stereocenters. The van der Waals surface area contributed by atoms with Crippen LogP contribution in [0.1, 0.15) is 19.4 Å². The second-order valence-electron chi connectivity index (χ2n) is 6.11. The highest BCUT2D eigenvalue weighted by atomic mass is 16.5. The van der Waals surface area contributed by atoms with Crippen molar-refractivity contribution in [2.45, 2.75) is 13.8 Å². The normalized spacial score (nSPS) is 9.83. The Labute approximate surface area is 169 Å². The summed E-state index contributed by atoms with van der Waals surface area (Å²) >= 11 is 0. The summed E-state index contributed by atoms with van der Waals surface area (Å²) in [5.74, 6) is -0.581. The molecule has 0 saturated carbocycles. The van der Waals surface area contributed by atoms with E-state index in [1.165, 1.54) is 11.8 Å². The number of amides is 3. The summed E-state index contributed by atoms with van der Waals surface area (Å²) in [5, 5.41) is 14.4. The van der Waals surface area contributed by atoms with Crippen molar-refractivity contribution >= 4 is 29.1 Å². The van der Waals surface area contributed by atoms with E-state index in [9.17, 15) is 14.4 Å². The number of hydrogen-bond acceptors (Lipinski definition) is 5. The Morgan fingerprint density at radius 1 is 1.03 bits per heavy atom. The zero-order valence-electron chi connectivity index (χ0n) is 16.3. The first-order valence-corrected chi connectivity index (χ1v) is 9.00. The number of ether oxygens (including phenoxy) is 1. The molecule has 0 bridgehead atoms. The van der Waals surface area contributed by atoms with E-state index in [4.69, 9.17) is 10.00 Å². The van der Waals surface area contributed by atoms with E-state index in [1.54, 1.807) is 55.5 Å². The molecule has 0 spiro atoms. The van der Waals surface area contributed by atoms with Gasteiger partial charge in [-0.25, -0.2) is 0 Å². The molecule has 8 nitrogen and oxygen atoms in total. The van der Waals surface area contributed by atoms with Crippen LogP contribution in [0.5, 0.6) is 5.75 Å². The van der Waals surface area contributed by atoms with Crippen LogP contribution in [0.25, 0.3) is 0 Å². The lowest BCUT2D eigenvalue weighted by atomic mass is 10.2. The van der Waals surface area contributed by atoms with Gasteiger partial charge in [0.15, 0.2) is 6.61 Å². The van der Waals surface area contributed by atoms with E-state index in [0.29, 0.717) is 29.2 Å². The van der Waals surface area contributed by atoms with Gasteiger partial charge in [-0.2, -0.15) is 5.26 Å². The molecule has 2 N–H and O–H groups in total. The average molecular weight is 394 g/mol. The molecule has 0 fully saturated rings. The van der Waals surface area contributed by atoms with Crippen LogP contribution in [0.4, 0.5) is 11.4 Å². The number of para-hydroxylation sites is 1. The number of nitrogens with zero attached hydrogens (tertiary/aromatic N) is 2. The first-order valence-electron chi connectivity index (χ1n) is 9.00. The van der Waals surface area contributed by atoms with Gasteiger partial charge in [0.25, 0.3) is 5.91 Å². The van der Waals surface area contributed by atoms with E-state index < -0.39 is 0 Å². The molecule has 3 amide bonds. The predicted molar refractivity (Wildman–Crippen MR) is 108 cm³/mol. The highest BCUT2D eigenvalue weighted by molar-refractivity contribution is 5.95. The van der Waals surface area contributed by atoms with Crippen molar-refractivity contribution in [3.63, 3.8) is 0 Å². The zero-order chi connectivity index (χ0) is 21.2. The number of rotatable bonds is 8. The van der Waals surface area contributed by atoms with Crippen LogP contribution in [-0.4, -0.2) is 42.3 Å². The van der Waals surface area contributed by atoms with Crippen molar-refractivity contribution < 1.29 is 19.1 Å². The molecule has 0 aliphatic rings. The first-order chi connectivity index (χ1) is 13.9. The van der Waals surface area contributed by atoms with Crippen LogP contribution in [0.2, 0.25) is 0 Å². The molecule has 0 heterocycles. The lowest BCUT2D eigenvalue weighted by Gasteiger charge is -2.20. The molecule has 0 unspecified atom stereocenters. The molecule has 8 heteroatoms. The Bertz CT molecular complexity index is 919. The second kappa shape index (κ2) is 10.5. The third-order valence-corrected chi connectivity index (χ3v) is 3.92. The average Bonchev–Trinajstić information content (AvgIpc) is 2.71. The first kappa shape index (κ1) is 21.4. The molecule has 29 heavy (non-hydrogen) atoms. The molecular weight excluding hydrogens is 372 g/mol. The van der Waals surface area contributed by atoms with Crippen LogP contribution in [0.3, 0.4) is 0 Å². The summed E-state index contributed by atoms with van der Waals surface area (Å²) in [6.45, 7) is 3.10. The molecule has 0 radical (unpaired) electrons. The highest BCUT2D eigenvalue weighted by Gasteiger charge is 2.17. The van der Waals surface area contributed by atoms with Gasteiger partial charge in [-0.3, -0.25) is 14.4 Å². The zero-order valence-corrected chi connectivity index (χ0v) is 16.3. The van der Waals surface area contributed by atoms with Crippen molar-refractivity contribution in [1.82, 2.24) is 4.90 Å². The van der Waals surface area contributed by atoms with Crippen molar-refractivity contribution in [2.75, 3.05) is 30.3 Å². The molecule has 2 rings (SSSR count). The molecule has 0 aromatic heterocycles. The van der Waals surface area contributed by atoms with Crippen molar-refractivity contribution in [2.24, 2.45) is 0 Å². The number of hydrogen-bond donors (Lipinski definition) is 2. The number of nitriles is 1. The van der Waals surface area contributed by atoms with E-state index in [1.807, 2.05) is 6.07 Å². The van der Waals surface area contributed by atoms with Gasteiger partial charge in [-0.1, -0.05) is 12.1 Å². The van der Waals surface area contributed by atoms with Crippen LogP contribution >= 0.6 is 0 Å². The minimum absolute atomic E-state index is 0.133. The Balaban J connectivity index is 1.89. The van der Waals surface area contributed by atoms with Crippen LogP contribution in [-0.2, 0) is 14.4 Å². The number of likely N-dealkylation sites (N-methyl/N-ethyl adjacent to an activating group) is 1. The Hall–Kier alpha value is -3.86. The summed E-state index contributed by atoms with van der Waals surface area (Å²) < 4.78 is 5.44. The molecule has 0 saturated heterocycles. The fourth-order valence-electron chi connectivity index (χ4n) is 2.51. The number of anilines is 2. The molecule has 0 aliphatic carbocycles. The van der Waals surface area contributed by atoms with Gasteiger partial charge in [0.1, 0.15) is 11.8 Å². The Morgan fingerprint density at radius 2 is 1.66 bits per heavy atom. The van der Waals surface area contributed by atoms with E-state index in [2.05, 4.69) is 10.6 Å². The van der Waals surface area contributed by atoms with Crippen LogP contribution in [0.15, 0.2) is 48.5 Å². The standard InChI is InChI=1S/C21H22N4O4/c1-3-25(21(28)14-29-19-7-5-4-6-16(19)12-22)13-20(27)24-18-10-8-17(9-11-18)23-15(2)26/h4-11H,3,13-14H2,1-2H3,(H,23,26)(H,24,27). The van der Waals surface area contributed by atoms with E-state index in [0.717, 1.165) is 0 Å². The van der Waals surface area contributed by atoms with Crippen LogP contribution in [0, 0.1) is 11.3 Å². The highest BCUT2D eigenvalue weighted by Crippen LogP contribution is 2.16. The van der Waals surface area contributed by atoms with Gasteiger partial charge in [0, 0.05) is 24.8 Å². The maximum absolute atomic E-state index is 12.4. The quantitative estimate of drug-likeness (QED) is 0.714. The number of carbonyl (C=O) groups is 3. The van der Waals surface area contributed by atoms with Crippen molar-refractivity contribution in [3.05, 3.63) is 54.1 Å². The number of nitrogens with one attached hydrogen (secondary N) is 2. The van der Waals surface area contributed by atoms with Gasteiger partial charge in [0.05, 0.1) is 12.1 Å². The minimum Gasteiger partial charge on any atom is -0.482 e. The summed E-state index contributed by atoms with van der Waals surface area (Å²) in [4.78, 5) is 37.0. The van der Waals surface area contributed by atoms with Gasteiger partial charge in [-0.15, -0.1) is 0 Å². The summed E-state index contributed by atoms with van der Waals surface area (Å²) in [7, 11) is 0. The Morgan fingerprint density at radius 3 is 2.24 bits per heavy atom. The predicted octanol–water partition coefficient (Wildman–Crippen LogP) is 2.38. The summed E-state index contributed by atoms with van der Waals surface area (Å²) in [6, 6.07) is 15.3. The molecule has 2 aromatic carbocycles. The van der Waals surface area contributed by atoms with Crippen LogP contribution < -0.4 is 15.4 Å². The third-order valence-electron chi connectivity index (χ3n) is 3.92. The maximum Gasteiger partial charge on any atom is 0.260 e. The Kier molecular flexibility index (Phi) is 7.74. The SMILES string of the molecule is CCN(CC(=O)Nc1ccc(NC(C)=O)cc1)C(=O)COc1ccccc1C#N. The monoisotopic (exact) mass is 394 g/mol. The third kappa shape index (κ3) is 6.66. The maximum atomic E-state index is 12.4. The van der Waals surface area contributed by atoms with Gasteiger partial charge >= 0.3 is 0 Å². The summed E-state index contributed by atoms with van der Waals surface area (Å²) in [6.07, 6.45) is 0. The van der Waals surface area contributed by atoms with Crippen molar-refractivity contribution in [3.8, 4) is 11.8 Å². The molecule has 150 valence electrons. The largest absolute Gasteiger partial charge is 0.482 e. The molecular formula is C21H22N4O4. The van der Waals surface area contributed by atoms with E-state index >= 15 is 0 Å². The second-order valence-corrected chi connectivity index (χ2v) is 6.11. The number of benzene rings is 2. The van der Waals surface area contributed by atoms with Crippen molar-refractivity contribution in [1.29, 1.82) is 5.26 Å². The summed E-state index contributed by atoms with van der Waals surface area (Å²) in [5.41, 5.74) is 1.51. The lowest BCUT2D eigenvalue weighted by Crippen LogP contribution is -2.40. The molecule has 2 aromatic rings. The molecule has 0 aliphatic heterocycles. The number of carbonyl (C=O) groups excluding carboxylic acids is 3.